The molecule has 0 radical (unpaired) electrons. The third-order valence-corrected chi connectivity index (χ3v) is 5.36. The molecule has 0 aliphatic rings. The van der Waals surface area contributed by atoms with Crippen molar-refractivity contribution in [3.05, 3.63) is 47.2 Å². The zero-order chi connectivity index (χ0) is 21.1. The number of carbonyl (C=O) groups excluding carboxylic acids is 1. The first-order chi connectivity index (χ1) is 12.9. The first-order valence-electron chi connectivity index (χ1n) is 7.94. The standard InChI is InChI=1S/C17H18F3N3O4S/c1-10-6-12(7-14(11(10)2)28(25,26)21-3)16(24)23-13-4-5-15(22-8-13)27-9-17(18,19)20/h4-8,21H,9H2,1-3H3,(H,23,24). The van der Waals surface area contributed by atoms with E-state index < -0.39 is 28.7 Å². The van der Waals surface area contributed by atoms with Gasteiger partial charge in [-0.25, -0.2) is 18.1 Å². The number of anilines is 1. The molecule has 28 heavy (non-hydrogen) atoms. The van der Waals surface area contributed by atoms with Crippen LogP contribution in [0.25, 0.3) is 0 Å². The number of hydrogen-bond donors (Lipinski definition) is 2. The summed E-state index contributed by atoms with van der Waals surface area (Å²) in [6, 6.07) is 5.28. The summed E-state index contributed by atoms with van der Waals surface area (Å²) in [7, 11) is -2.49. The molecule has 0 fully saturated rings. The van der Waals surface area contributed by atoms with Crippen molar-refractivity contribution in [1.82, 2.24) is 9.71 Å². The Balaban J connectivity index is 2.19. The summed E-state index contributed by atoms with van der Waals surface area (Å²) in [5.74, 6) is -0.842. The third kappa shape index (κ3) is 5.42. The molecular weight excluding hydrogens is 399 g/mol. The molecule has 2 aromatic rings. The molecule has 1 amide bonds. The van der Waals surface area contributed by atoms with Crippen LogP contribution in [0.15, 0.2) is 35.4 Å². The maximum atomic E-state index is 12.5. The number of aryl methyl sites for hydroxylation is 1. The average Bonchev–Trinajstić information content (AvgIpc) is 2.62. The van der Waals surface area contributed by atoms with Crippen molar-refractivity contribution in [3.8, 4) is 5.88 Å². The van der Waals surface area contributed by atoms with Gasteiger partial charge in [0.1, 0.15) is 0 Å². The number of sulfonamides is 1. The van der Waals surface area contributed by atoms with Crippen molar-refractivity contribution >= 4 is 21.6 Å². The molecule has 1 aromatic carbocycles. The maximum Gasteiger partial charge on any atom is 0.422 e. The van der Waals surface area contributed by atoms with E-state index in [-0.39, 0.29) is 22.0 Å². The summed E-state index contributed by atoms with van der Waals surface area (Å²) >= 11 is 0. The number of benzene rings is 1. The monoisotopic (exact) mass is 417 g/mol. The van der Waals surface area contributed by atoms with E-state index in [9.17, 15) is 26.4 Å². The number of alkyl halides is 3. The Morgan fingerprint density at radius 1 is 1.21 bits per heavy atom. The fourth-order valence-electron chi connectivity index (χ4n) is 2.25. The predicted octanol–water partition coefficient (Wildman–Crippen LogP) is 2.80. The van der Waals surface area contributed by atoms with E-state index in [0.29, 0.717) is 11.1 Å². The van der Waals surface area contributed by atoms with Gasteiger partial charge < -0.3 is 10.1 Å². The van der Waals surface area contributed by atoms with Crippen molar-refractivity contribution in [3.63, 3.8) is 0 Å². The van der Waals surface area contributed by atoms with Crippen LogP contribution in [0.5, 0.6) is 5.88 Å². The van der Waals surface area contributed by atoms with Crippen LogP contribution in [-0.2, 0) is 10.0 Å². The largest absolute Gasteiger partial charge is 0.468 e. The van der Waals surface area contributed by atoms with E-state index in [1.807, 2.05) is 0 Å². The summed E-state index contributed by atoms with van der Waals surface area (Å²) in [6.07, 6.45) is -3.35. The number of amides is 1. The van der Waals surface area contributed by atoms with Gasteiger partial charge in [-0.1, -0.05) is 0 Å². The fourth-order valence-corrected chi connectivity index (χ4v) is 3.31. The second-order valence-corrected chi connectivity index (χ2v) is 7.72. The lowest BCUT2D eigenvalue weighted by Crippen LogP contribution is -2.21. The number of rotatable bonds is 6. The minimum Gasteiger partial charge on any atom is -0.468 e. The van der Waals surface area contributed by atoms with Crippen LogP contribution in [0.2, 0.25) is 0 Å². The molecule has 0 saturated carbocycles. The van der Waals surface area contributed by atoms with Crippen molar-refractivity contribution in [1.29, 1.82) is 0 Å². The smallest absolute Gasteiger partial charge is 0.422 e. The van der Waals surface area contributed by atoms with Crippen molar-refractivity contribution in [2.45, 2.75) is 24.9 Å². The molecule has 11 heteroatoms. The van der Waals surface area contributed by atoms with E-state index in [0.717, 1.165) is 6.20 Å². The van der Waals surface area contributed by atoms with Gasteiger partial charge in [0, 0.05) is 11.6 Å². The molecule has 2 N–H and O–H groups in total. The lowest BCUT2D eigenvalue weighted by molar-refractivity contribution is -0.154. The molecule has 0 aliphatic carbocycles. The minimum absolute atomic E-state index is 0.0193. The number of ether oxygens (including phenoxy) is 1. The summed E-state index contributed by atoms with van der Waals surface area (Å²) < 4.78 is 67.3. The number of carbonyl (C=O) groups is 1. The number of nitrogens with zero attached hydrogens (tertiary/aromatic N) is 1. The Hall–Kier alpha value is -2.66. The van der Waals surface area contributed by atoms with Crippen LogP contribution < -0.4 is 14.8 Å². The Labute approximate surface area is 160 Å². The number of nitrogens with one attached hydrogen (secondary N) is 2. The van der Waals surface area contributed by atoms with Crippen LogP contribution in [-0.4, -0.2) is 39.1 Å². The van der Waals surface area contributed by atoms with Gasteiger partial charge in [-0.2, -0.15) is 13.2 Å². The minimum atomic E-state index is -4.48. The molecule has 2 rings (SSSR count). The zero-order valence-electron chi connectivity index (χ0n) is 15.2. The highest BCUT2D eigenvalue weighted by atomic mass is 32.2. The second kappa shape index (κ2) is 8.15. The number of pyridine rings is 1. The summed E-state index contributed by atoms with van der Waals surface area (Å²) in [5, 5.41) is 2.51. The first kappa shape index (κ1) is 21.6. The predicted molar refractivity (Wildman–Crippen MR) is 95.9 cm³/mol. The van der Waals surface area contributed by atoms with Crippen LogP contribution in [0.3, 0.4) is 0 Å². The summed E-state index contributed by atoms with van der Waals surface area (Å²) in [4.78, 5) is 16.1. The molecule has 0 saturated heterocycles. The molecule has 1 heterocycles. The average molecular weight is 417 g/mol. The Morgan fingerprint density at radius 3 is 2.43 bits per heavy atom. The molecular formula is C17H18F3N3O4S. The molecule has 0 bridgehead atoms. The van der Waals surface area contributed by atoms with E-state index in [1.54, 1.807) is 13.8 Å². The third-order valence-electron chi connectivity index (χ3n) is 3.82. The van der Waals surface area contributed by atoms with Crippen LogP contribution in [0, 0.1) is 13.8 Å². The SMILES string of the molecule is CNS(=O)(=O)c1cc(C(=O)Nc2ccc(OCC(F)(F)F)nc2)cc(C)c1C. The number of halogens is 3. The van der Waals surface area contributed by atoms with E-state index in [2.05, 4.69) is 19.8 Å². The molecule has 152 valence electrons. The van der Waals surface area contributed by atoms with Crippen molar-refractivity contribution in [2.75, 3.05) is 19.0 Å². The second-order valence-electron chi connectivity index (χ2n) is 5.87. The maximum absolute atomic E-state index is 12.5. The van der Waals surface area contributed by atoms with Crippen LogP contribution >= 0.6 is 0 Å². The summed E-state index contributed by atoms with van der Waals surface area (Å²) in [5.41, 5.74) is 1.43. The van der Waals surface area contributed by atoms with E-state index >= 15 is 0 Å². The molecule has 1 aromatic heterocycles. The van der Waals surface area contributed by atoms with Crippen molar-refractivity contribution in [2.24, 2.45) is 0 Å². The molecule has 0 atom stereocenters. The lowest BCUT2D eigenvalue weighted by Gasteiger charge is -2.13. The topological polar surface area (TPSA) is 97.4 Å². The highest BCUT2D eigenvalue weighted by Gasteiger charge is 2.28. The number of aromatic nitrogens is 1. The Morgan fingerprint density at radius 2 is 1.89 bits per heavy atom. The highest BCUT2D eigenvalue weighted by Crippen LogP contribution is 2.22. The van der Waals surface area contributed by atoms with Gasteiger partial charge >= 0.3 is 6.18 Å². The highest BCUT2D eigenvalue weighted by molar-refractivity contribution is 7.89. The first-order valence-corrected chi connectivity index (χ1v) is 9.43. The van der Waals surface area contributed by atoms with Gasteiger partial charge in [0.2, 0.25) is 15.9 Å². The van der Waals surface area contributed by atoms with Crippen LogP contribution in [0.1, 0.15) is 21.5 Å². The van der Waals surface area contributed by atoms with E-state index in [1.165, 1.54) is 31.3 Å². The lowest BCUT2D eigenvalue weighted by atomic mass is 10.1. The molecule has 0 unspecified atom stereocenters. The van der Waals surface area contributed by atoms with Gasteiger partial charge in [0.25, 0.3) is 5.91 Å². The van der Waals surface area contributed by atoms with Gasteiger partial charge in [-0.3, -0.25) is 4.79 Å². The van der Waals surface area contributed by atoms with Gasteiger partial charge in [0.05, 0.1) is 16.8 Å². The van der Waals surface area contributed by atoms with Gasteiger partial charge in [-0.15, -0.1) is 0 Å². The normalized spacial score (nSPS) is 11.9. The van der Waals surface area contributed by atoms with Crippen molar-refractivity contribution < 1.29 is 31.1 Å². The van der Waals surface area contributed by atoms with Crippen LogP contribution in [0.4, 0.5) is 18.9 Å². The Kier molecular flexibility index (Phi) is 6.30. The van der Waals surface area contributed by atoms with Gasteiger partial charge in [-0.05, 0) is 50.2 Å². The number of hydrogen-bond acceptors (Lipinski definition) is 5. The zero-order valence-corrected chi connectivity index (χ0v) is 16.0. The molecule has 0 aliphatic heterocycles. The fraction of sp³-hybridized carbons (Fsp3) is 0.294. The Bertz CT molecular complexity index is 974. The summed E-state index contributed by atoms with van der Waals surface area (Å²) in [6.45, 7) is 1.83. The van der Waals surface area contributed by atoms with E-state index in [4.69, 9.17) is 0 Å². The molecule has 7 nitrogen and oxygen atoms in total. The van der Waals surface area contributed by atoms with Gasteiger partial charge in [0.15, 0.2) is 6.61 Å². The quantitative estimate of drug-likeness (QED) is 0.753. The molecule has 0 spiro atoms.